The number of halogens is 1. The number of furan rings is 1. The van der Waals surface area contributed by atoms with Crippen molar-refractivity contribution in [2.24, 2.45) is 4.99 Å². The highest BCUT2D eigenvalue weighted by atomic mass is 127. The van der Waals surface area contributed by atoms with Crippen molar-refractivity contribution >= 4 is 41.7 Å². The molecule has 2 fully saturated rings. The lowest BCUT2D eigenvalue weighted by Gasteiger charge is -2.23. The molecule has 9 heteroatoms. The van der Waals surface area contributed by atoms with Gasteiger partial charge in [-0.3, -0.25) is 4.90 Å². The van der Waals surface area contributed by atoms with Crippen LogP contribution in [0.15, 0.2) is 52.1 Å². The van der Waals surface area contributed by atoms with Crippen LogP contribution in [0.5, 0.6) is 0 Å². The van der Waals surface area contributed by atoms with Gasteiger partial charge in [-0.05, 0) is 49.1 Å². The number of aliphatic imine (C=N–C) groups is 1. The van der Waals surface area contributed by atoms with Crippen molar-refractivity contribution in [2.45, 2.75) is 38.3 Å². The minimum atomic E-state index is -0.289. The van der Waals surface area contributed by atoms with E-state index in [2.05, 4.69) is 10.6 Å². The van der Waals surface area contributed by atoms with Crippen molar-refractivity contribution in [3.8, 4) is 0 Å². The molecule has 1 aromatic heterocycles. The van der Waals surface area contributed by atoms with E-state index >= 15 is 0 Å². The number of guanidine groups is 1. The maximum Gasteiger partial charge on any atom is 0.414 e. The molecule has 0 saturated carbocycles. The number of hydrogen-bond acceptors (Lipinski definition) is 5. The highest BCUT2D eigenvalue weighted by Crippen LogP contribution is 2.19. The van der Waals surface area contributed by atoms with Gasteiger partial charge in [-0.1, -0.05) is 12.1 Å². The van der Waals surface area contributed by atoms with E-state index in [0.717, 1.165) is 61.9 Å². The van der Waals surface area contributed by atoms with E-state index in [-0.39, 0.29) is 36.2 Å². The Labute approximate surface area is 205 Å². The van der Waals surface area contributed by atoms with Gasteiger partial charge in [-0.2, -0.15) is 0 Å². The van der Waals surface area contributed by atoms with Gasteiger partial charge in [0.05, 0.1) is 25.5 Å². The van der Waals surface area contributed by atoms with Gasteiger partial charge >= 0.3 is 6.09 Å². The predicted molar refractivity (Wildman–Crippen MR) is 134 cm³/mol. The number of hydrogen-bond donors (Lipinski definition) is 2. The van der Waals surface area contributed by atoms with Gasteiger partial charge in [0.15, 0.2) is 5.96 Å². The van der Waals surface area contributed by atoms with Crippen molar-refractivity contribution in [3.05, 3.63) is 54.0 Å². The Morgan fingerprint density at radius 3 is 2.69 bits per heavy atom. The van der Waals surface area contributed by atoms with E-state index in [9.17, 15) is 4.79 Å². The highest BCUT2D eigenvalue weighted by molar-refractivity contribution is 14.0. The van der Waals surface area contributed by atoms with Gasteiger partial charge in [-0.15, -0.1) is 24.0 Å². The van der Waals surface area contributed by atoms with Crippen LogP contribution in [0.4, 0.5) is 10.5 Å². The number of amides is 1. The van der Waals surface area contributed by atoms with Crippen LogP contribution in [0.2, 0.25) is 0 Å². The smallest absolute Gasteiger partial charge is 0.414 e. The summed E-state index contributed by atoms with van der Waals surface area (Å²) in [4.78, 5) is 18.1. The lowest BCUT2D eigenvalue weighted by Crippen LogP contribution is -2.43. The van der Waals surface area contributed by atoms with Crippen LogP contribution in [0.3, 0.4) is 0 Å². The summed E-state index contributed by atoms with van der Waals surface area (Å²) < 4.78 is 16.2. The van der Waals surface area contributed by atoms with Crippen molar-refractivity contribution in [1.29, 1.82) is 0 Å². The molecule has 2 saturated heterocycles. The normalized spacial score (nSPS) is 18.8. The molecule has 1 amide bonds. The average molecular weight is 554 g/mol. The molecule has 0 spiro atoms. The van der Waals surface area contributed by atoms with Crippen LogP contribution in [0.25, 0.3) is 0 Å². The summed E-state index contributed by atoms with van der Waals surface area (Å²) in [6.45, 7) is 3.86. The third-order valence-corrected chi connectivity index (χ3v) is 5.44. The maximum atomic E-state index is 11.7. The number of nitrogens with one attached hydrogen (secondary N) is 2. The fraction of sp³-hybridized carbons (Fsp3) is 0.478. The molecule has 2 aromatic rings. The van der Waals surface area contributed by atoms with Gasteiger partial charge in [-0.25, -0.2) is 9.79 Å². The monoisotopic (exact) mass is 554 g/mol. The summed E-state index contributed by atoms with van der Waals surface area (Å²) in [5, 5.41) is 6.80. The van der Waals surface area contributed by atoms with Crippen LogP contribution in [-0.2, 0) is 22.4 Å². The zero-order valence-corrected chi connectivity index (χ0v) is 20.5. The quantitative estimate of drug-likeness (QED) is 0.294. The largest absolute Gasteiger partial charge is 0.469 e. The van der Waals surface area contributed by atoms with E-state index in [1.165, 1.54) is 6.42 Å². The number of benzene rings is 1. The molecular formula is C23H31IN4O4. The zero-order valence-electron chi connectivity index (χ0n) is 18.1. The van der Waals surface area contributed by atoms with E-state index in [1.54, 1.807) is 11.2 Å². The second-order valence-corrected chi connectivity index (χ2v) is 7.72. The van der Waals surface area contributed by atoms with E-state index < -0.39 is 0 Å². The number of nitrogens with zero attached hydrogens (tertiary/aromatic N) is 2. The number of cyclic esters (lactones) is 1. The minimum Gasteiger partial charge on any atom is -0.469 e. The Bertz CT molecular complexity index is 851. The Morgan fingerprint density at radius 2 is 2.00 bits per heavy atom. The standard InChI is InChI=1S/C23H30N4O4.HI/c28-23-27(12-15-31-23)19-8-6-18(7-9-19)16-25-22(24-11-10-20-5-3-14-29-20)26-17-21-4-1-2-13-30-21;/h3,5-9,14,21H,1-2,4,10-13,15-17H2,(H2,24,25,26);1H. The van der Waals surface area contributed by atoms with Gasteiger partial charge < -0.3 is 24.5 Å². The topological polar surface area (TPSA) is 88.3 Å². The van der Waals surface area contributed by atoms with Gasteiger partial charge in [0.25, 0.3) is 0 Å². The summed E-state index contributed by atoms with van der Waals surface area (Å²) in [7, 11) is 0. The van der Waals surface area contributed by atoms with Crippen molar-refractivity contribution < 1.29 is 18.7 Å². The third-order valence-electron chi connectivity index (χ3n) is 5.44. The molecule has 1 aromatic carbocycles. The number of anilines is 1. The lowest BCUT2D eigenvalue weighted by atomic mass is 10.1. The molecule has 32 heavy (non-hydrogen) atoms. The molecule has 4 rings (SSSR count). The van der Waals surface area contributed by atoms with E-state index in [4.69, 9.17) is 18.9 Å². The first-order chi connectivity index (χ1) is 15.3. The fourth-order valence-electron chi connectivity index (χ4n) is 3.69. The van der Waals surface area contributed by atoms with Crippen molar-refractivity contribution in [2.75, 3.05) is 37.7 Å². The summed E-state index contributed by atoms with van der Waals surface area (Å²) in [6.07, 6.45) is 5.84. The Kier molecular flexibility index (Phi) is 9.66. The van der Waals surface area contributed by atoms with E-state index in [1.807, 2.05) is 36.4 Å². The molecule has 3 heterocycles. The SMILES string of the molecule is I.O=C1OCCN1c1ccc(CN=C(NCCc2ccco2)NCC2CCCCO2)cc1. The zero-order chi connectivity index (χ0) is 21.3. The molecular weight excluding hydrogens is 523 g/mol. The highest BCUT2D eigenvalue weighted by Gasteiger charge is 2.23. The first-order valence-electron chi connectivity index (χ1n) is 11.0. The molecule has 174 valence electrons. The first-order valence-corrected chi connectivity index (χ1v) is 11.0. The molecule has 1 atom stereocenters. The molecule has 2 aliphatic heterocycles. The molecule has 8 nitrogen and oxygen atoms in total. The number of carbonyl (C=O) groups is 1. The molecule has 2 N–H and O–H groups in total. The second-order valence-electron chi connectivity index (χ2n) is 7.72. The minimum absolute atomic E-state index is 0. The van der Waals surface area contributed by atoms with Gasteiger partial charge in [0, 0.05) is 31.8 Å². The second kappa shape index (κ2) is 12.7. The number of carbonyl (C=O) groups excluding carboxylic acids is 1. The summed E-state index contributed by atoms with van der Waals surface area (Å²) in [5.74, 6) is 1.70. The molecule has 0 radical (unpaired) electrons. The van der Waals surface area contributed by atoms with Crippen LogP contribution >= 0.6 is 24.0 Å². The molecule has 0 bridgehead atoms. The van der Waals surface area contributed by atoms with Gasteiger partial charge in [0.1, 0.15) is 12.4 Å². The number of rotatable bonds is 8. The lowest BCUT2D eigenvalue weighted by molar-refractivity contribution is 0.0194. The van der Waals surface area contributed by atoms with Crippen LogP contribution in [-0.4, -0.2) is 51.0 Å². The number of ether oxygens (including phenoxy) is 2. The Morgan fingerprint density at radius 1 is 1.12 bits per heavy atom. The summed E-state index contributed by atoms with van der Waals surface area (Å²) >= 11 is 0. The van der Waals surface area contributed by atoms with Crippen LogP contribution < -0.4 is 15.5 Å². The fourth-order valence-corrected chi connectivity index (χ4v) is 3.69. The Balaban J connectivity index is 0.00000289. The maximum absolute atomic E-state index is 11.7. The molecule has 0 aliphatic carbocycles. The van der Waals surface area contributed by atoms with Gasteiger partial charge in [0.2, 0.25) is 0 Å². The van der Waals surface area contributed by atoms with Crippen molar-refractivity contribution in [3.63, 3.8) is 0 Å². The summed E-state index contributed by atoms with van der Waals surface area (Å²) in [6, 6.07) is 11.7. The molecule has 1 unspecified atom stereocenters. The summed E-state index contributed by atoms with van der Waals surface area (Å²) in [5.41, 5.74) is 1.91. The average Bonchev–Trinajstić information content (AvgIpc) is 3.48. The van der Waals surface area contributed by atoms with Crippen LogP contribution in [0, 0.1) is 0 Å². The third kappa shape index (κ3) is 7.13. The Hall–Kier alpha value is -2.27. The van der Waals surface area contributed by atoms with E-state index in [0.29, 0.717) is 19.7 Å². The first kappa shape index (κ1) is 24.4. The van der Waals surface area contributed by atoms with Crippen LogP contribution in [0.1, 0.15) is 30.6 Å². The predicted octanol–water partition coefficient (Wildman–Crippen LogP) is 3.70. The molecule has 2 aliphatic rings. The van der Waals surface area contributed by atoms with Crippen molar-refractivity contribution in [1.82, 2.24) is 10.6 Å².